The Kier molecular flexibility index (Phi) is 2.08. The van der Waals surface area contributed by atoms with E-state index in [1.165, 1.54) is 11.1 Å². The van der Waals surface area contributed by atoms with Crippen LogP contribution in [0.5, 0.6) is 5.75 Å². The summed E-state index contributed by atoms with van der Waals surface area (Å²) in [5, 5.41) is 9.88. The molecule has 3 rings (SSSR count). The van der Waals surface area contributed by atoms with Crippen molar-refractivity contribution in [3.8, 4) is 5.75 Å². The zero-order valence-corrected chi connectivity index (χ0v) is 10.0. The molecule has 80 valence electrons. The topological polar surface area (TPSA) is 29.5 Å². The van der Waals surface area contributed by atoms with E-state index in [0.717, 1.165) is 42.5 Å². The Morgan fingerprint density at radius 3 is 2.93 bits per heavy atom. The van der Waals surface area contributed by atoms with Gasteiger partial charge in [0.1, 0.15) is 5.75 Å². The molecule has 0 amide bonds. The van der Waals surface area contributed by atoms with E-state index in [1.807, 2.05) is 0 Å². The van der Waals surface area contributed by atoms with E-state index in [9.17, 15) is 5.11 Å². The molecule has 1 aromatic rings. The number of fused-ring (bicyclic) bond motifs is 1. The van der Waals surface area contributed by atoms with Gasteiger partial charge in [-0.05, 0) is 46.0 Å². The van der Waals surface area contributed by atoms with E-state index in [2.05, 4.69) is 28.1 Å². The Labute approximate surface area is 97.4 Å². The molecular formula is C12H13BrO2. The second kappa shape index (κ2) is 3.22. The molecule has 1 aliphatic heterocycles. The third kappa shape index (κ3) is 1.79. The van der Waals surface area contributed by atoms with Gasteiger partial charge in [-0.15, -0.1) is 0 Å². The number of hydrogen-bond donors (Lipinski definition) is 1. The summed E-state index contributed by atoms with van der Waals surface area (Å²) in [4.78, 5) is 0. The molecule has 0 saturated heterocycles. The van der Waals surface area contributed by atoms with Crippen molar-refractivity contribution in [2.75, 3.05) is 6.61 Å². The van der Waals surface area contributed by atoms with Gasteiger partial charge >= 0.3 is 0 Å². The predicted octanol–water partition coefficient (Wildman–Crippen LogP) is 2.45. The van der Waals surface area contributed by atoms with E-state index in [0.29, 0.717) is 0 Å². The van der Waals surface area contributed by atoms with Gasteiger partial charge in [-0.1, -0.05) is 6.07 Å². The van der Waals surface area contributed by atoms with E-state index >= 15 is 0 Å². The second-order valence-corrected chi connectivity index (χ2v) is 5.42. The van der Waals surface area contributed by atoms with Crippen LogP contribution in [-0.4, -0.2) is 17.3 Å². The van der Waals surface area contributed by atoms with E-state index < -0.39 is 5.60 Å². The van der Waals surface area contributed by atoms with Crippen molar-refractivity contribution in [2.45, 2.75) is 31.3 Å². The van der Waals surface area contributed by atoms with Gasteiger partial charge in [0.25, 0.3) is 0 Å². The minimum Gasteiger partial charge on any atom is -0.492 e. The molecule has 1 aromatic carbocycles. The average Bonchev–Trinajstić information content (AvgIpc) is 2.73. The van der Waals surface area contributed by atoms with Crippen molar-refractivity contribution in [1.82, 2.24) is 0 Å². The molecule has 0 aromatic heterocycles. The maximum atomic E-state index is 9.88. The highest BCUT2D eigenvalue weighted by Crippen LogP contribution is 2.41. The van der Waals surface area contributed by atoms with E-state index in [4.69, 9.17) is 4.74 Å². The molecule has 1 saturated carbocycles. The van der Waals surface area contributed by atoms with Gasteiger partial charge < -0.3 is 9.84 Å². The summed E-state index contributed by atoms with van der Waals surface area (Å²) in [5.74, 6) is 0.988. The second-order valence-electron chi connectivity index (χ2n) is 4.57. The summed E-state index contributed by atoms with van der Waals surface area (Å²) in [6, 6.07) is 4.24. The first-order valence-electron chi connectivity index (χ1n) is 5.33. The van der Waals surface area contributed by atoms with Crippen molar-refractivity contribution < 1.29 is 9.84 Å². The van der Waals surface area contributed by atoms with Gasteiger partial charge in [0.15, 0.2) is 0 Å². The van der Waals surface area contributed by atoms with Gasteiger partial charge in [-0.25, -0.2) is 0 Å². The number of halogens is 1. The highest BCUT2D eigenvalue weighted by Gasteiger charge is 2.40. The van der Waals surface area contributed by atoms with Gasteiger partial charge in [-0.2, -0.15) is 0 Å². The maximum absolute atomic E-state index is 9.88. The molecule has 2 aliphatic rings. The Balaban J connectivity index is 1.93. The van der Waals surface area contributed by atoms with Crippen LogP contribution in [0.4, 0.5) is 0 Å². The molecule has 1 fully saturated rings. The van der Waals surface area contributed by atoms with Gasteiger partial charge in [0.2, 0.25) is 0 Å². The van der Waals surface area contributed by atoms with Crippen molar-refractivity contribution >= 4 is 15.9 Å². The fraction of sp³-hybridized carbons (Fsp3) is 0.500. The molecule has 2 nitrogen and oxygen atoms in total. The summed E-state index contributed by atoms with van der Waals surface area (Å²) in [7, 11) is 0. The first-order valence-corrected chi connectivity index (χ1v) is 6.12. The molecule has 0 unspecified atom stereocenters. The van der Waals surface area contributed by atoms with Gasteiger partial charge in [0, 0.05) is 12.8 Å². The monoisotopic (exact) mass is 268 g/mol. The van der Waals surface area contributed by atoms with E-state index in [-0.39, 0.29) is 0 Å². The largest absolute Gasteiger partial charge is 0.492 e. The number of hydrogen-bond acceptors (Lipinski definition) is 2. The fourth-order valence-corrected chi connectivity index (χ4v) is 2.79. The van der Waals surface area contributed by atoms with Crippen LogP contribution in [-0.2, 0) is 12.8 Å². The standard InChI is InChI=1S/C12H13BrO2/c13-10-6-8(7-12(14)2-3-12)5-9-1-4-15-11(9)10/h5-6,14H,1-4,7H2. The van der Waals surface area contributed by atoms with Crippen LogP contribution in [0, 0.1) is 0 Å². The fourth-order valence-electron chi connectivity index (χ4n) is 2.13. The number of aliphatic hydroxyl groups is 1. The van der Waals surface area contributed by atoms with Crippen LogP contribution in [0.2, 0.25) is 0 Å². The van der Waals surface area contributed by atoms with Crippen LogP contribution in [0.25, 0.3) is 0 Å². The lowest BCUT2D eigenvalue weighted by atomic mass is 10.0. The lowest BCUT2D eigenvalue weighted by molar-refractivity contribution is 0.151. The molecule has 0 bridgehead atoms. The zero-order chi connectivity index (χ0) is 10.5. The first-order chi connectivity index (χ1) is 7.16. The molecule has 0 spiro atoms. The smallest absolute Gasteiger partial charge is 0.136 e. The lowest BCUT2D eigenvalue weighted by Gasteiger charge is -2.10. The van der Waals surface area contributed by atoms with Crippen molar-refractivity contribution in [3.05, 3.63) is 27.7 Å². The van der Waals surface area contributed by atoms with Crippen molar-refractivity contribution in [2.24, 2.45) is 0 Å². The van der Waals surface area contributed by atoms with Crippen LogP contribution in [0.1, 0.15) is 24.0 Å². The van der Waals surface area contributed by atoms with Crippen molar-refractivity contribution in [1.29, 1.82) is 0 Å². The van der Waals surface area contributed by atoms with Crippen LogP contribution >= 0.6 is 15.9 Å². The Morgan fingerprint density at radius 1 is 1.40 bits per heavy atom. The SMILES string of the molecule is OC1(Cc2cc(Br)c3c(c2)CCO3)CC1. The Morgan fingerprint density at radius 2 is 2.20 bits per heavy atom. The molecule has 3 heteroatoms. The van der Waals surface area contributed by atoms with Crippen molar-refractivity contribution in [3.63, 3.8) is 0 Å². The minimum atomic E-state index is -0.410. The molecule has 1 aliphatic carbocycles. The van der Waals surface area contributed by atoms with Gasteiger partial charge in [-0.3, -0.25) is 0 Å². The third-order valence-corrected chi connectivity index (χ3v) is 3.75. The normalized spacial score (nSPS) is 20.9. The molecule has 0 radical (unpaired) electrons. The summed E-state index contributed by atoms with van der Waals surface area (Å²) in [5.41, 5.74) is 2.07. The minimum absolute atomic E-state index is 0.410. The molecule has 1 N–H and O–H groups in total. The van der Waals surface area contributed by atoms with Crippen LogP contribution < -0.4 is 4.74 Å². The average molecular weight is 269 g/mol. The zero-order valence-electron chi connectivity index (χ0n) is 8.42. The number of ether oxygens (including phenoxy) is 1. The number of benzene rings is 1. The van der Waals surface area contributed by atoms with Gasteiger partial charge in [0.05, 0.1) is 16.7 Å². The lowest BCUT2D eigenvalue weighted by Crippen LogP contribution is -2.10. The summed E-state index contributed by atoms with van der Waals surface area (Å²) in [6.07, 6.45) is 3.65. The highest BCUT2D eigenvalue weighted by atomic mass is 79.9. The highest BCUT2D eigenvalue weighted by molar-refractivity contribution is 9.10. The van der Waals surface area contributed by atoms with E-state index in [1.54, 1.807) is 0 Å². The summed E-state index contributed by atoms with van der Waals surface area (Å²) < 4.78 is 6.55. The number of rotatable bonds is 2. The maximum Gasteiger partial charge on any atom is 0.136 e. The molecule has 15 heavy (non-hydrogen) atoms. The molecule has 1 heterocycles. The molecule has 0 atom stereocenters. The summed E-state index contributed by atoms with van der Waals surface area (Å²) in [6.45, 7) is 0.779. The van der Waals surface area contributed by atoms with Crippen LogP contribution in [0.3, 0.4) is 0 Å². The molecular weight excluding hydrogens is 256 g/mol. The predicted molar refractivity (Wildman–Crippen MR) is 61.2 cm³/mol. The Hall–Kier alpha value is -0.540. The van der Waals surface area contributed by atoms with Crippen LogP contribution in [0.15, 0.2) is 16.6 Å². The first kappa shape index (κ1) is 9.67. The summed E-state index contributed by atoms with van der Waals surface area (Å²) >= 11 is 3.52. The third-order valence-electron chi connectivity index (χ3n) is 3.16. The quantitative estimate of drug-likeness (QED) is 0.893. The Bertz CT molecular complexity index is 410.